The fourth-order valence-corrected chi connectivity index (χ4v) is 3.73. The third-order valence-corrected chi connectivity index (χ3v) is 5.77. The lowest BCUT2D eigenvalue weighted by Gasteiger charge is -2.22. The molecule has 1 fully saturated rings. The average molecular weight is 422 g/mol. The Morgan fingerprint density at radius 1 is 1.07 bits per heavy atom. The van der Waals surface area contributed by atoms with Gasteiger partial charge in [0.1, 0.15) is 12.1 Å². The van der Waals surface area contributed by atoms with Crippen LogP contribution in [0.4, 0.5) is 10.5 Å². The summed E-state index contributed by atoms with van der Waals surface area (Å²) in [7, 11) is 0. The number of nitrogens with zero attached hydrogens (tertiary/aromatic N) is 1. The van der Waals surface area contributed by atoms with Crippen LogP contribution in [0.25, 0.3) is 10.8 Å². The van der Waals surface area contributed by atoms with E-state index in [0.717, 1.165) is 21.2 Å². The van der Waals surface area contributed by atoms with Gasteiger partial charge >= 0.3 is 6.03 Å². The fourth-order valence-electron chi connectivity index (χ4n) is 3.55. The zero-order chi connectivity index (χ0) is 21.5. The van der Waals surface area contributed by atoms with Gasteiger partial charge in [-0.05, 0) is 53.9 Å². The molecule has 2 N–H and O–H groups in total. The van der Waals surface area contributed by atoms with Gasteiger partial charge in [-0.2, -0.15) is 0 Å². The summed E-state index contributed by atoms with van der Waals surface area (Å²) in [6.07, 6.45) is 0. The summed E-state index contributed by atoms with van der Waals surface area (Å²) in [5, 5.41) is 7.93. The number of urea groups is 1. The molecule has 30 heavy (non-hydrogen) atoms. The molecule has 0 spiro atoms. The van der Waals surface area contributed by atoms with E-state index in [2.05, 4.69) is 10.6 Å². The molecule has 1 saturated heterocycles. The van der Waals surface area contributed by atoms with Crippen LogP contribution in [-0.4, -0.2) is 29.3 Å². The van der Waals surface area contributed by atoms with Crippen molar-refractivity contribution in [3.63, 3.8) is 0 Å². The molecule has 0 radical (unpaired) electrons. The Bertz CT molecular complexity index is 1190. The van der Waals surface area contributed by atoms with Crippen LogP contribution >= 0.6 is 11.6 Å². The number of amides is 4. The average Bonchev–Trinajstić information content (AvgIpc) is 2.94. The smallest absolute Gasteiger partial charge is 0.324 e. The molecule has 1 atom stereocenters. The summed E-state index contributed by atoms with van der Waals surface area (Å²) in [5.74, 6) is -0.957. The van der Waals surface area contributed by atoms with Gasteiger partial charge < -0.3 is 10.6 Å². The first-order chi connectivity index (χ1) is 14.3. The van der Waals surface area contributed by atoms with Crippen molar-refractivity contribution in [3.05, 3.63) is 76.8 Å². The van der Waals surface area contributed by atoms with Crippen LogP contribution in [0, 0.1) is 6.92 Å². The van der Waals surface area contributed by atoms with E-state index in [1.165, 1.54) is 0 Å². The number of aryl methyl sites for hydroxylation is 1. The van der Waals surface area contributed by atoms with Gasteiger partial charge in [-0.15, -0.1) is 0 Å². The van der Waals surface area contributed by atoms with Crippen LogP contribution in [-0.2, 0) is 15.1 Å². The summed E-state index contributed by atoms with van der Waals surface area (Å²) in [5.41, 5.74) is 0.803. The number of imide groups is 1. The number of carbonyl (C=O) groups is 3. The lowest BCUT2D eigenvalue weighted by molar-refractivity contribution is -0.133. The number of rotatable bonds is 4. The van der Waals surface area contributed by atoms with Gasteiger partial charge in [-0.25, -0.2) is 4.79 Å². The van der Waals surface area contributed by atoms with Gasteiger partial charge in [0.25, 0.3) is 5.91 Å². The predicted octanol–water partition coefficient (Wildman–Crippen LogP) is 4.21. The molecular formula is C23H20ClN3O3. The van der Waals surface area contributed by atoms with Crippen molar-refractivity contribution in [2.75, 3.05) is 11.9 Å². The van der Waals surface area contributed by atoms with Crippen LogP contribution in [0.2, 0.25) is 5.02 Å². The van der Waals surface area contributed by atoms with E-state index in [1.54, 1.807) is 25.1 Å². The van der Waals surface area contributed by atoms with Crippen LogP contribution in [0.3, 0.4) is 0 Å². The molecule has 4 rings (SSSR count). The van der Waals surface area contributed by atoms with Gasteiger partial charge in [-0.1, -0.05) is 54.1 Å². The molecule has 1 heterocycles. The molecule has 0 saturated carbocycles. The molecule has 1 aliphatic rings. The number of nitrogens with one attached hydrogen (secondary N) is 2. The number of hydrogen-bond donors (Lipinski definition) is 2. The predicted molar refractivity (Wildman–Crippen MR) is 116 cm³/mol. The Morgan fingerprint density at radius 3 is 2.53 bits per heavy atom. The molecule has 1 aliphatic heterocycles. The van der Waals surface area contributed by atoms with E-state index in [9.17, 15) is 14.4 Å². The molecule has 0 aromatic heterocycles. The Labute approximate surface area is 178 Å². The minimum absolute atomic E-state index is 0.390. The largest absolute Gasteiger partial charge is 0.325 e. The van der Waals surface area contributed by atoms with E-state index in [-0.39, 0.29) is 6.54 Å². The highest BCUT2D eigenvalue weighted by Crippen LogP contribution is 2.31. The van der Waals surface area contributed by atoms with E-state index < -0.39 is 23.4 Å². The number of anilines is 1. The summed E-state index contributed by atoms with van der Waals surface area (Å²) in [4.78, 5) is 39.0. The topological polar surface area (TPSA) is 78.5 Å². The number of hydrogen-bond acceptors (Lipinski definition) is 3. The second-order valence-electron chi connectivity index (χ2n) is 7.52. The second kappa shape index (κ2) is 7.46. The molecule has 7 heteroatoms. The van der Waals surface area contributed by atoms with Crippen molar-refractivity contribution in [2.24, 2.45) is 0 Å². The normalized spacial score (nSPS) is 18.6. The van der Waals surface area contributed by atoms with Gasteiger partial charge in [0.2, 0.25) is 5.91 Å². The van der Waals surface area contributed by atoms with Crippen LogP contribution < -0.4 is 10.6 Å². The highest BCUT2D eigenvalue weighted by atomic mass is 35.5. The maximum Gasteiger partial charge on any atom is 0.325 e. The van der Waals surface area contributed by atoms with E-state index in [4.69, 9.17) is 11.6 Å². The molecule has 3 aromatic carbocycles. The minimum atomic E-state index is -1.24. The maximum absolute atomic E-state index is 13.1. The molecular weight excluding hydrogens is 402 g/mol. The van der Waals surface area contributed by atoms with Crippen molar-refractivity contribution in [1.82, 2.24) is 10.2 Å². The summed E-state index contributed by atoms with van der Waals surface area (Å²) >= 11 is 6.08. The first-order valence-corrected chi connectivity index (χ1v) is 9.85. The van der Waals surface area contributed by atoms with Crippen LogP contribution in [0.1, 0.15) is 18.1 Å². The monoisotopic (exact) mass is 421 g/mol. The minimum Gasteiger partial charge on any atom is -0.324 e. The van der Waals surface area contributed by atoms with Crippen molar-refractivity contribution in [3.8, 4) is 0 Å². The molecule has 6 nitrogen and oxygen atoms in total. The molecule has 0 aliphatic carbocycles. The van der Waals surface area contributed by atoms with E-state index >= 15 is 0 Å². The van der Waals surface area contributed by atoms with Crippen molar-refractivity contribution in [1.29, 1.82) is 0 Å². The van der Waals surface area contributed by atoms with Crippen LogP contribution in [0.15, 0.2) is 60.7 Å². The van der Waals surface area contributed by atoms with Crippen molar-refractivity contribution >= 4 is 45.9 Å². The van der Waals surface area contributed by atoms with Crippen molar-refractivity contribution < 1.29 is 14.4 Å². The lowest BCUT2D eigenvalue weighted by Crippen LogP contribution is -2.42. The van der Waals surface area contributed by atoms with Crippen molar-refractivity contribution in [2.45, 2.75) is 19.4 Å². The van der Waals surface area contributed by atoms with Crippen LogP contribution in [0.5, 0.6) is 0 Å². The Balaban J connectivity index is 1.53. The Kier molecular flexibility index (Phi) is 4.95. The molecule has 3 aromatic rings. The zero-order valence-corrected chi connectivity index (χ0v) is 17.3. The number of benzene rings is 3. The Hall–Kier alpha value is -3.38. The Morgan fingerprint density at radius 2 is 1.80 bits per heavy atom. The number of carbonyl (C=O) groups excluding carboxylic acids is 3. The number of halogens is 1. The number of fused-ring (bicyclic) bond motifs is 1. The standard InChI is InChI=1S/C23H20ClN3O3/c1-14-7-10-18(12-19(14)24)25-20(28)13-27-21(29)23(2,26-22(27)30)17-9-8-15-5-3-4-6-16(15)11-17/h3-12H,13H2,1-2H3,(H,25,28)(H,26,30). The third-order valence-electron chi connectivity index (χ3n) is 5.36. The summed E-state index contributed by atoms with van der Waals surface area (Å²) < 4.78 is 0. The third kappa shape index (κ3) is 3.50. The molecule has 4 amide bonds. The first-order valence-electron chi connectivity index (χ1n) is 9.47. The van der Waals surface area contributed by atoms with Gasteiger partial charge in [0.05, 0.1) is 0 Å². The quantitative estimate of drug-likeness (QED) is 0.619. The first kappa shape index (κ1) is 19.9. The second-order valence-corrected chi connectivity index (χ2v) is 7.93. The van der Waals surface area contributed by atoms with Gasteiger partial charge in [0, 0.05) is 10.7 Å². The van der Waals surface area contributed by atoms with E-state index in [1.807, 2.05) is 49.4 Å². The highest BCUT2D eigenvalue weighted by Gasteiger charge is 2.49. The van der Waals surface area contributed by atoms with Gasteiger partial charge in [-0.3, -0.25) is 14.5 Å². The summed E-state index contributed by atoms with van der Waals surface area (Å²) in [6, 6.07) is 17.9. The highest BCUT2D eigenvalue weighted by molar-refractivity contribution is 6.31. The molecule has 1 unspecified atom stereocenters. The zero-order valence-electron chi connectivity index (χ0n) is 16.5. The molecule has 152 valence electrons. The lowest BCUT2D eigenvalue weighted by atomic mass is 9.90. The SMILES string of the molecule is Cc1ccc(NC(=O)CN2C(=O)NC(C)(c3ccc4ccccc4c3)C2=O)cc1Cl. The fraction of sp³-hybridized carbons (Fsp3) is 0.174. The molecule has 0 bridgehead atoms. The van der Waals surface area contributed by atoms with Gasteiger partial charge in [0.15, 0.2) is 0 Å². The van der Waals surface area contributed by atoms with E-state index in [0.29, 0.717) is 16.3 Å². The summed E-state index contributed by atoms with van der Waals surface area (Å²) in [6.45, 7) is 3.11. The maximum atomic E-state index is 13.1.